The van der Waals surface area contributed by atoms with Crippen molar-refractivity contribution in [2.45, 2.75) is 0 Å². The fourth-order valence-corrected chi connectivity index (χ4v) is 1.24. The average molecular weight is 205 g/mol. The molecule has 0 spiro atoms. The predicted octanol–water partition coefficient (Wildman–Crippen LogP) is 3.63. The monoisotopic (exact) mass is 204 g/mol. The van der Waals surface area contributed by atoms with E-state index in [1.54, 1.807) is 12.1 Å². The molecule has 0 fully saturated rings. The summed E-state index contributed by atoms with van der Waals surface area (Å²) >= 11 is 17.0. The van der Waals surface area contributed by atoms with E-state index in [0.717, 1.165) is 0 Å². The zero-order valence-corrected chi connectivity index (χ0v) is 7.63. The fraction of sp³-hybridized carbons (Fsp3) is 0. The second kappa shape index (κ2) is 3.36. The quantitative estimate of drug-likeness (QED) is 0.448. The Hall–Kier alpha value is -0.350. The molecule has 0 aliphatic heterocycles. The number of benzene rings is 1. The van der Waals surface area contributed by atoms with Crippen molar-refractivity contribution in [1.29, 1.82) is 0 Å². The third kappa shape index (κ3) is 1.81. The summed E-state index contributed by atoms with van der Waals surface area (Å²) in [5.74, 6) is 2.41. The van der Waals surface area contributed by atoms with Gasteiger partial charge in [0, 0.05) is 5.56 Å². The molecule has 0 N–H and O–H groups in total. The molecular formula is C8H3Cl3. The Morgan fingerprint density at radius 3 is 1.91 bits per heavy atom. The van der Waals surface area contributed by atoms with E-state index in [0.29, 0.717) is 20.6 Å². The normalized spacial score (nSPS) is 9.27. The van der Waals surface area contributed by atoms with Gasteiger partial charge in [0.05, 0.1) is 15.1 Å². The lowest BCUT2D eigenvalue weighted by atomic mass is 10.2. The third-order valence-corrected chi connectivity index (χ3v) is 2.35. The van der Waals surface area contributed by atoms with Crippen LogP contribution in [0.4, 0.5) is 0 Å². The lowest BCUT2D eigenvalue weighted by Gasteiger charge is -1.98. The van der Waals surface area contributed by atoms with E-state index in [9.17, 15) is 0 Å². The predicted molar refractivity (Wildman–Crippen MR) is 49.4 cm³/mol. The van der Waals surface area contributed by atoms with Gasteiger partial charge in [0.25, 0.3) is 0 Å². The molecule has 0 radical (unpaired) electrons. The van der Waals surface area contributed by atoms with Gasteiger partial charge in [-0.2, -0.15) is 0 Å². The van der Waals surface area contributed by atoms with Crippen LogP contribution in [-0.2, 0) is 0 Å². The molecule has 56 valence electrons. The van der Waals surface area contributed by atoms with Gasteiger partial charge in [0.1, 0.15) is 0 Å². The van der Waals surface area contributed by atoms with Gasteiger partial charge in [-0.3, -0.25) is 0 Å². The molecule has 1 rings (SSSR count). The van der Waals surface area contributed by atoms with Crippen LogP contribution in [-0.4, -0.2) is 0 Å². The summed E-state index contributed by atoms with van der Waals surface area (Å²) in [7, 11) is 0. The maximum Gasteiger partial charge on any atom is 0.0779 e. The zero-order chi connectivity index (χ0) is 8.43. The second-order valence-corrected chi connectivity index (χ2v) is 3.09. The van der Waals surface area contributed by atoms with Crippen molar-refractivity contribution in [1.82, 2.24) is 0 Å². The van der Waals surface area contributed by atoms with Gasteiger partial charge in [0.15, 0.2) is 0 Å². The molecule has 1 aromatic rings. The molecule has 0 aliphatic rings. The van der Waals surface area contributed by atoms with Gasteiger partial charge in [-0.1, -0.05) is 40.7 Å². The number of rotatable bonds is 0. The summed E-state index contributed by atoms with van der Waals surface area (Å²) in [5.41, 5.74) is 0.629. The standard InChI is InChI=1S/C8H3Cl3/c1-2-5-3-6(9)8(11)7(10)4-5/h1,3-4H. The van der Waals surface area contributed by atoms with Crippen molar-refractivity contribution in [2.75, 3.05) is 0 Å². The van der Waals surface area contributed by atoms with Crippen molar-refractivity contribution in [2.24, 2.45) is 0 Å². The molecule has 11 heavy (non-hydrogen) atoms. The Labute approximate surface area is 80.1 Å². The molecule has 0 unspecified atom stereocenters. The topological polar surface area (TPSA) is 0 Å². The first-order valence-corrected chi connectivity index (χ1v) is 3.89. The van der Waals surface area contributed by atoms with E-state index in [2.05, 4.69) is 5.92 Å². The van der Waals surface area contributed by atoms with Crippen LogP contribution in [0.2, 0.25) is 15.1 Å². The van der Waals surface area contributed by atoms with Crippen LogP contribution in [0.25, 0.3) is 0 Å². The first-order chi connectivity index (χ1) is 5.15. The van der Waals surface area contributed by atoms with Crippen molar-refractivity contribution < 1.29 is 0 Å². The van der Waals surface area contributed by atoms with Crippen LogP contribution in [0, 0.1) is 12.3 Å². The minimum atomic E-state index is 0.340. The van der Waals surface area contributed by atoms with Crippen LogP contribution in [0.3, 0.4) is 0 Å². The van der Waals surface area contributed by atoms with Crippen molar-refractivity contribution in [3.63, 3.8) is 0 Å². The Balaban J connectivity index is 3.35. The van der Waals surface area contributed by atoms with E-state index in [-0.39, 0.29) is 0 Å². The highest BCUT2D eigenvalue weighted by Crippen LogP contribution is 2.30. The molecule has 0 aromatic heterocycles. The average Bonchev–Trinajstić information content (AvgIpc) is 1.99. The highest BCUT2D eigenvalue weighted by Gasteiger charge is 2.03. The van der Waals surface area contributed by atoms with Gasteiger partial charge in [0.2, 0.25) is 0 Å². The van der Waals surface area contributed by atoms with Crippen LogP contribution in [0.5, 0.6) is 0 Å². The minimum Gasteiger partial charge on any atom is -0.115 e. The van der Waals surface area contributed by atoms with Gasteiger partial charge in [-0.25, -0.2) is 0 Å². The number of hydrogen-bond acceptors (Lipinski definition) is 0. The molecule has 0 heterocycles. The van der Waals surface area contributed by atoms with Gasteiger partial charge >= 0.3 is 0 Å². The second-order valence-electron chi connectivity index (χ2n) is 1.90. The first-order valence-electron chi connectivity index (χ1n) is 2.76. The van der Waals surface area contributed by atoms with E-state index < -0.39 is 0 Å². The van der Waals surface area contributed by atoms with E-state index >= 15 is 0 Å². The zero-order valence-electron chi connectivity index (χ0n) is 5.37. The van der Waals surface area contributed by atoms with Crippen LogP contribution in [0.15, 0.2) is 12.1 Å². The van der Waals surface area contributed by atoms with E-state index in [4.69, 9.17) is 41.2 Å². The van der Waals surface area contributed by atoms with Gasteiger partial charge in [-0.05, 0) is 12.1 Å². The first kappa shape index (κ1) is 8.74. The van der Waals surface area contributed by atoms with E-state index in [1.807, 2.05) is 0 Å². The summed E-state index contributed by atoms with van der Waals surface area (Å²) in [6.45, 7) is 0. The molecule has 0 bridgehead atoms. The Kier molecular flexibility index (Phi) is 2.67. The summed E-state index contributed by atoms with van der Waals surface area (Å²) in [6.07, 6.45) is 5.13. The van der Waals surface area contributed by atoms with Crippen molar-refractivity contribution in [3.8, 4) is 12.3 Å². The molecule has 0 saturated heterocycles. The van der Waals surface area contributed by atoms with Crippen LogP contribution >= 0.6 is 34.8 Å². The molecule has 0 amide bonds. The molecule has 0 atom stereocenters. The largest absolute Gasteiger partial charge is 0.115 e. The van der Waals surface area contributed by atoms with E-state index in [1.165, 1.54) is 0 Å². The molecule has 1 aromatic carbocycles. The summed E-state index contributed by atoms with van der Waals surface area (Å²) in [4.78, 5) is 0. The summed E-state index contributed by atoms with van der Waals surface area (Å²) < 4.78 is 0. The van der Waals surface area contributed by atoms with Gasteiger partial charge in [-0.15, -0.1) is 6.42 Å². The molecule has 0 saturated carbocycles. The van der Waals surface area contributed by atoms with Crippen molar-refractivity contribution in [3.05, 3.63) is 32.8 Å². The fourth-order valence-electron chi connectivity index (χ4n) is 0.639. The summed E-state index contributed by atoms with van der Waals surface area (Å²) in [6, 6.07) is 3.19. The van der Waals surface area contributed by atoms with Crippen LogP contribution in [0.1, 0.15) is 5.56 Å². The smallest absolute Gasteiger partial charge is 0.0779 e. The number of terminal acetylenes is 1. The maximum atomic E-state index is 5.69. The lowest BCUT2D eigenvalue weighted by Crippen LogP contribution is -1.76. The number of hydrogen-bond donors (Lipinski definition) is 0. The Bertz CT molecular complexity index is 300. The summed E-state index contributed by atoms with van der Waals surface area (Å²) in [5, 5.41) is 1.10. The van der Waals surface area contributed by atoms with Crippen molar-refractivity contribution >= 4 is 34.8 Å². The molecule has 0 nitrogen and oxygen atoms in total. The molecule has 3 heteroatoms. The molecular weight excluding hydrogens is 202 g/mol. The maximum absolute atomic E-state index is 5.69. The molecule has 0 aliphatic carbocycles. The highest BCUT2D eigenvalue weighted by molar-refractivity contribution is 6.48. The Morgan fingerprint density at radius 1 is 1.09 bits per heavy atom. The minimum absolute atomic E-state index is 0.340. The van der Waals surface area contributed by atoms with Gasteiger partial charge < -0.3 is 0 Å². The third-order valence-electron chi connectivity index (χ3n) is 1.15. The SMILES string of the molecule is C#Cc1cc(Cl)c(Cl)c(Cl)c1. The Morgan fingerprint density at radius 2 is 1.55 bits per heavy atom. The highest BCUT2D eigenvalue weighted by atomic mass is 35.5. The number of halogens is 3. The lowest BCUT2D eigenvalue weighted by molar-refractivity contribution is 1.64. The van der Waals surface area contributed by atoms with Crippen LogP contribution < -0.4 is 0 Å².